The standard InChI is InChI=1S/C8H7N3O5S2/c12-4-1-16-2-5(13)11(4)7-9-10-8(18-7)17-3-6(14)15/h1-3H2,(H,14,15). The first kappa shape index (κ1) is 12.9. The smallest absolute Gasteiger partial charge is 0.313 e. The third kappa shape index (κ3) is 2.83. The second-order valence-electron chi connectivity index (χ2n) is 3.15. The normalized spacial score (nSPS) is 16.1. The number of carbonyl (C=O) groups is 3. The van der Waals surface area contributed by atoms with Crippen LogP contribution >= 0.6 is 23.1 Å². The molecule has 18 heavy (non-hydrogen) atoms. The fourth-order valence-corrected chi connectivity index (χ4v) is 2.78. The van der Waals surface area contributed by atoms with E-state index in [-0.39, 0.29) is 24.1 Å². The van der Waals surface area contributed by atoms with Crippen molar-refractivity contribution in [2.45, 2.75) is 4.34 Å². The van der Waals surface area contributed by atoms with Crippen molar-refractivity contribution >= 4 is 46.0 Å². The third-order valence-electron chi connectivity index (χ3n) is 1.86. The van der Waals surface area contributed by atoms with Gasteiger partial charge in [-0.15, -0.1) is 10.2 Å². The zero-order valence-electron chi connectivity index (χ0n) is 8.86. The largest absolute Gasteiger partial charge is 0.481 e. The number of hydrogen-bond acceptors (Lipinski definition) is 8. The number of nitrogens with zero attached hydrogens (tertiary/aromatic N) is 3. The van der Waals surface area contributed by atoms with Crippen LogP contribution in [-0.2, 0) is 19.1 Å². The van der Waals surface area contributed by atoms with Gasteiger partial charge in [-0.05, 0) is 0 Å². The van der Waals surface area contributed by atoms with Crippen molar-refractivity contribution in [2.75, 3.05) is 23.9 Å². The Morgan fingerprint density at radius 3 is 2.67 bits per heavy atom. The molecule has 0 bridgehead atoms. The van der Waals surface area contributed by atoms with E-state index in [4.69, 9.17) is 9.84 Å². The minimum atomic E-state index is -0.977. The van der Waals surface area contributed by atoms with Crippen molar-refractivity contribution in [3.05, 3.63) is 0 Å². The number of aromatic nitrogens is 2. The number of carboxylic acid groups (broad SMARTS) is 1. The van der Waals surface area contributed by atoms with Crippen LogP contribution in [0.15, 0.2) is 4.34 Å². The van der Waals surface area contributed by atoms with Gasteiger partial charge in [0.25, 0.3) is 11.8 Å². The number of ether oxygens (including phenoxy) is 1. The van der Waals surface area contributed by atoms with Gasteiger partial charge in [0, 0.05) is 0 Å². The molecule has 1 N–H and O–H groups in total. The van der Waals surface area contributed by atoms with Crippen LogP contribution in [0.1, 0.15) is 0 Å². The van der Waals surface area contributed by atoms with Crippen molar-refractivity contribution in [3.8, 4) is 0 Å². The fourth-order valence-electron chi connectivity index (χ4n) is 1.18. The molecule has 0 radical (unpaired) electrons. The molecule has 2 rings (SSSR count). The van der Waals surface area contributed by atoms with Crippen LogP contribution in [0.25, 0.3) is 0 Å². The van der Waals surface area contributed by atoms with E-state index in [2.05, 4.69) is 10.2 Å². The van der Waals surface area contributed by atoms with E-state index in [0.717, 1.165) is 28.0 Å². The van der Waals surface area contributed by atoms with E-state index < -0.39 is 17.8 Å². The summed E-state index contributed by atoms with van der Waals surface area (Å²) in [6.07, 6.45) is 0. The summed E-state index contributed by atoms with van der Waals surface area (Å²) in [5.41, 5.74) is 0. The average Bonchev–Trinajstić information content (AvgIpc) is 2.75. The molecule has 1 fully saturated rings. The molecular formula is C8H7N3O5S2. The second-order valence-corrected chi connectivity index (χ2v) is 5.33. The Hall–Kier alpha value is -1.52. The molecule has 1 aliphatic rings. The maximum Gasteiger partial charge on any atom is 0.313 e. The highest BCUT2D eigenvalue weighted by atomic mass is 32.2. The minimum Gasteiger partial charge on any atom is -0.481 e. The van der Waals surface area contributed by atoms with Crippen LogP contribution in [0.5, 0.6) is 0 Å². The Kier molecular flexibility index (Phi) is 3.89. The third-order valence-corrected chi connectivity index (χ3v) is 3.88. The molecule has 0 unspecified atom stereocenters. The SMILES string of the molecule is O=C(O)CSc1nnc(N2C(=O)COCC2=O)s1. The molecule has 8 nitrogen and oxygen atoms in total. The van der Waals surface area contributed by atoms with Crippen LogP contribution in [-0.4, -0.2) is 52.1 Å². The van der Waals surface area contributed by atoms with Crippen molar-refractivity contribution in [3.63, 3.8) is 0 Å². The number of aliphatic carboxylic acids is 1. The zero-order chi connectivity index (χ0) is 13.1. The van der Waals surface area contributed by atoms with Crippen molar-refractivity contribution in [2.24, 2.45) is 0 Å². The van der Waals surface area contributed by atoms with E-state index in [9.17, 15) is 14.4 Å². The van der Waals surface area contributed by atoms with Crippen LogP contribution < -0.4 is 4.90 Å². The molecular weight excluding hydrogens is 282 g/mol. The lowest BCUT2D eigenvalue weighted by molar-refractivity contribution is -0.138. The summed E-state index contributed by atoms with van der Waals surface area (Å²) in [6.45, 7) is -0.355. The Labute approximate surface area is 109 Å². The van der Waals surface area contributed by atoms with Gasteiger partial charge < -0.3 is 9.84 Å². The molecule has 0 aromatic carbocycles. The topological polar surface area (TPSA) is 110 Å². The van der Waals surface area contributed by atoms with Gasteiger partial charge in [0.05, 0.1) is 5.75 Å². The summed E-state index contributed by atoms with van der Waals surface area (Å²) < 4.78 is 5.15. The van der Waals surface area contributed by atoms with Crippen LogP contribution in [0.3, 0.4) is 0 Å². The average molecular weight is 289 g/mol. The number of amides is 2. The molecule has 1 aliphatic heterocycles. The molecule has 96 valence electrons. The van der Waals surface area contributed by atoms with Gasteiger partial charge in [0.2, 0.25) is 5.13 Å². The van der Waals surface area contributed by atoms with Gasteiger partial charge in [-0.3, -0.25) is 14.4 Å². The number of morpholine rings is 1. The Morgan fingerprint density at radius 2 is 2.06 bits per heavy atom. The maximum absolute atomic E-state index is 11.5. The lowest BCUT2D eigenvalue weighted by atomic mass is 10.4. The first-order chi connectivity index (χ1) is 8.58. The molecule has 1 aromatic heterocycles. The first-order valence-electron chi connectivity index (χ1n) is 4.69. The maximum atomic E-state index is 11.5. The lowest BCUT2D eigenvalue weighted by Gasteiger charge is -2.21. The highest BCUT2D eigenvalue weighted by Gasteiger charge is 2.31. The van der Waals surface area contributed by atoms with Gasteiger partial charge in [0.15, 0.2) is 4.34 Å². The summed E-state index contributed by atoms with van der Waals surface area (Å²) in [7, 11) is 0. The van der Waals surface area contributed by atoms with Gasteiger partial charge in [-0.1, -0.05) is 23.1 Å². The molecule has 1 saturated heterocycles. The molecule has 0 saturated carbocycles. The number of hydrogen-bond donors (Lipinski definition) is 1. The number of anilines is 1. The highest BCUT2D eigenvalue weighted by molar-refractivity contribution is 8.01. The molecule has 0 spiro atoms. The van der Waals surface area contributed by atoms with Gasteiger partial charge in [-0.25, -0.2) is 4.90 Å². The predicted molar refractivity (Wildman–Crippen MR) is 61.6 cm³/mol. The molecule has 0 atom stereocenters. The van der Waals surface area contributed by atoms with Crippen LogP contribution in [0.4, 0.5) is 5.13 Å². The van der Waals surface area contributed by atoms with E-state index >= 15 is 0 Å². The predicted octanol–water partition coefficient (Wildman–Crippen LogP) is -0.395. The molecule has 10 heteroatoms. The van der Waals surface area contributed by atoms with Crippen LogP contribution in [0, 0.1) is 0 Å². The highest BCUT2D eigenvalue weighted by Crippen LogP contribution is 2.28. The van der Waals surface area contributed by atoms with Crippen molar-refractivity contribution in [1.29, 1.82) is 0 Å². The van der Waals surface area contributed by atoms with Gasteiger partial charge >= 0.3 is 5.97 Å². The molecule has 1 aromatic rings. The van der Waals surface area contributed by atoms with Gasteiger partial charge in [0.1, 0.15) is 13.2 Å². The first-order valence-corrected chi connectivity index (χ1v) is 6.50. The van der Waals surface area contributed by atoms with E-state index in [0.29, 0.717) is 4.34 Å². The summed E-state index contributed by atoms with van der Waals surface area (Å²) in [4.78, 5) is 34.3. The van der Waals surface area contributed by atoms with E-state index in [1.54, 1.807) is 0 Å². The summed E-state index contributed by atoms with van der Waals surface area (Å²) in [5.74, 6) is -2.13. The van der Waals surface area contributed by atoms with Gasteiger partial charge in [-0.2, -0.15) is 0 Å². The number of rotatable bonds is 4. The summed E-state index contributed by atoms with van der Waals surface area (Å²) in [6, 6.07) is 0. The Balaban J connectivity index is 2.11. The number of thioether (sulfide) groups is 1. The summed E-state index contributed by atoms with van der Waals surface area (Å²) >= 11 is 1.98. The van der Waals surface area contributed by atoms with Crippen LogP contribution in [0.2, 0.25) is 0 Å². The fraction of sp³-hybridized carbons (Fsp3) is 0.375. The Bertz CT molecular complexity index is 487. The minimum absolute atomic E-state index is 0.140. The van der Waals surface area contributed by atoms with E-state index in [1.165, 1.54) is 0 Å². The van der Waals surface area contributed by atoms with E-state index in [1.807, 2.05) is 0 Å². The number of carboxylic acids is 1. The summed E-state index contributed by atoms with van der Waals surface area (Å²) in [5, 5.41) is 16.1. The van der Waals surface area contributed by atoms with Crippen molar-refractivity contribution in [1.82, 2.24) is 10.2 Å². The van der Waals surface area contributed by atoms with Crippen molar-refractivity contribution < 1.29 is 24.2 Å². The lowest BCUT2D eigenvalue weighted by Crippen LogP contribution is -2.46. The molecule has 0 aliphatic carbocycles. The molecule has 2 heterocycles. The quantitative estimate of drug-likeness (QED) is 0.453. The number of imide groups is 1. The zero-order valence-corrected chi connectivity index (χ0v) is 10.5. The second kappa shape index (κ2) is 5.42. The monoisotopic (exact) mass is 289 g/mol. The Morgan fingerprint density at radius 1 is 1.39 bits per heavy atom. The number of carbonyl (C=O) groups excluding carboxylic acids is 2. The molecule has 2 amide bonds.